The zero-order chi connectivity index (χ0) is 14.4. The van der Waals surface area contributed by atoms with Crippen molar-refractivity contribution in [2.45, 2.75) is 20.5 Å². The summed E-state index contributed by atoms with van der Waals surface area (Å²) in [4.78, 5) is 11.7. The van der Waals surface area contributed by atoms with Crippen molar-refractivity contribution in [1.82, 2.24) is 10.5 Å². The summed E-state index contributed by atoms with van der Waals surface area (Å²) in [6, 6.07) is 11.2. The Morgan fingerprint density at radius 2 is 2.10 bits per heavy atom. The van der Waals surface area contributed by atoms with E-state index in [1.807, 2.05) is 44.2 Å². The zero-order valence-corrected chi connectivity index (χ0v) is 11.6. The molecule has 1 aromatic carbocycles. The summed E-state index contributed by atoms with van der Waals surface area (Å²) >= 11 is 0. The minimum Gasteiger partial charge on any atom is -0.471 e. The lowest BCUT2D eigenvalue weighted by Gasteiger charge is -2.04. The van der Waals surface area contributed by atoms with Crippen LogP contribution < -0.4 is 10.1 Å². The number of aromatic nitrogens is 1. The van der Waals surface area contributed by atoms with Gasteiger partial charge in [-0.25, -0.2) is 0 Å². The third kappa shape index (κ3) is 4.12. The van der Waals surface area contributed by atoms with Crippen molar-refractivity contribution in [3.8, 4) is 5.88 Å². The third-order valence-corrected chi connectivity index (χ3v) is 2.61. The normalized spacial score (nSPS) is 10.6. The topological polar surface area (TPSA) is 64.4 Å². The number of benzene rings is 1. The maximum absolute atomic E-state index is 11.7. The predicted octanol–water partition coefficient (Wildman–Crippen LogP) is 2.64. The molecule has 0 fully saturated rings. The molecule has 1 heterocycles. The molecule has 0 saturated heterocycles. The molecule has 0 atom stereocenters. The molecular weight excluding hydrogens is 256 g/mol. The zero-order valence-electron chi connectivity index (χ0n) is 11.6. The van der Waals surface area contributed by atoms with Gasteiger partial charge in [0.25, 0.3) is 11.8 Å². The molecule has 0 saturated carbocycles. The highest BCUT2D eigenvalue weighted by atomic mass is 16.5. The van der Waals surface area contributed by atoms with Crippen molar-refractivity contribution in [2.24, 2.45) is 5.92 Å². The van der Waals surface area contributed by atoms with Crippen LogP contribution in [0.3, 0.4) is 0 Å². The lowest BCUT2D eigenvalue weighted by molar-refractivity contribution is 0.0911. The van der Waals surface area contributed by atoms with E-state index in [0.29, 0.717) is 24.9 Å². The van der Waals surface area contributed by atoms with Gasteiger partial charge in [0.2, 0.25) is 5.76 Å². The Bertz CT molecular complexity index is 549. The van der Waals surface area contributed by atoms with Crippen LogP contribution in [0.15, 0.2) is 40.9 Å². The Kier molecular flexibility index (Phi) is 4.76. The molecule has 0 spiro atoms. The Balaban J connectivity index is 1.87. The van der Waals surface area contributed by atoms with Gasteiger partial charge in [-0.3, -0.25) is 4.79 Å². The first kappa shape index (κ1) is 14.1. The number of carbonyl (C=O) groups excluding carboxylic acids is 1. The summed E-state index contributed by atoms with van der Waals surface area (Å²) in [7, 11) is 0. The lowest BCUT2D eigenvalue weighted by atomic mass is 10.2. The summed E-state index contributed by atoms with van der Waals surface area (Å²) in [6.07, 6.45) is 0. The van der Waals surface area contributed by atoms with Crippen LogP contribution >= 0.6 is 0 Å². The van der Waals surface area contributed by atoms with Crippen molar-refractivity contribution in [1.29, 1.82) is 0 Å². The van der Waals surface area contributed by atoms with Crippen LogP contribution in [-0.4, -0.2) is 17.6 Å². The van der Waals surface area contributed by atoms with Crippen molar-refractivity contribution >= 4 is 5.91 Å². The fourth-order valence-corrected chi connectivity index (χ4v) is 1.55. The fourth-order valence-electron chi connectivity index (χ4n) is 1.55. The number of ether oxygens (including phenoxy) is 1. The van der Waals surface area contributed by atoms with Crippen LogP contribution in [0.5, 0.6) is 5.88 Å². The van der Waals surface area contributed by atoms with E-state index in [2.05, 4.69) is 10.5 Å². The minimum absolute atomic E-state index is 0.161. The summed E-state index contributed by atoms with van der Waals surface area (Å²) < 4.78 is 10.4. The lowest BCUT2D eigenvalue weighted by Crippen LogP contribution is -2.26. The van der Waals surface area contributed by atoms with Crippen LogP contribution in [0.2, 0.25) is 0 Å². The molecule has 0 aliphatic heterocycles. The molecule has 0 radical (unpaired) electrons. The Labute approximate surface area is 117 Å². The SMILES string of the molecule is CC(C)CNC(=O)c1cc(OCc2ccccc2)no1. The molecule has 1 aromatic heterocycles. The molecule has 5 nitrogen and oxygen atoms in total. The molecule has 2 rings (SSSR count). The second kappa shape index (κ2) is 6.75. The van der Waals surface area contributed by atoms with Crippen LogP contribution in [0.25, 0.3) is 0 Å². The van der Waals surface area contributed by atoms with Gasteiger partial charge in [0.05, 0.1) is 6.07 Å². The number of hydrogen-bond acceptors (Lipinski definition) is 4. The van der Waals surface area contributed by atoms with Gasteiger partial charge in [0.15, 0.2) is 0 Å². The summed E-state index contributed by atoms with van der Waals surface area (Å²) in [5.74, 6) is 0.577. The van der Waals surface area contributed by atoms with Crippen molar-refractivity contribution in [3.05, 3.63) is 47.7 Å². The van der Waals surface area contributed by atoms with Gasteiger partial charge in [0, 0.05) is 6.54 Å². The third-order valence-electron chi connectivity index (χ3n) is 2.61. The Morgan fingerprint density at radius 1 is 1.35 bits per heavy atom. The molecule has 1 amide bonds. The van der Waals surface area contributed by atoms with Crippen LogP contribution in [0.4, 0.5) is 0 Å². The number of nitrogens with zero attached hydrogens (tertiary/aromatic N) is 1. The van der Waals surface area contributed by atoms with Crippen LogP contribution in [-0.2, 0) is 6.61 Å². The van der Waals surface area contributed by atoms with Crippen molar-refractivity contribution in [2.75, 3.05) is 6.54 Å². The largest absolute Gasteiger partial charge is 0.471 e. The first-order chi connectivity index (χ1) is 9.65. The van der Waals surface area contributed by atoms with Crippen molar-refractivity contribution < 1.29 is 14.1 Å². The minimum atomic E-state index is -0.277. The van der Waals surface area contributed by atoms with E-state index in [4.69, 9.17) is 9.26 Å². The molecule has 5 heteroatoms. The van der Waals surface area contributed by atoms with E-state index in [0.717, 1.165) is 5.56 Å². The number of hydrogen-bond donors (Lipinski definition) is 1. The van der Waals surface area contributed by atoms with Gasteiger partial charge in [-0.05, 0) is 16.6 Å². The highest BCUT2D eigenvalue weighted by molar-refractivity contribution is 5.91. The maximum Gasteiger partial charge on any atom is 0.290 e. The summed E-state index contributed by atoms with van der Waals surface area (Å²) in [6.45, 7) is 5.03. The highest BCUT2D eigenvalue weighted by Crippen LogP contribution is 2.13. The van der Waals surface area contributed by atoms with Gasteiger partial charge in [0.1, 0.15) is 6.61 Å². The predicted molar refractivity (Wildman–Crippen MR) is 74.4 cm³/mol. The van der Waals surface area contributed by atoms with Gasteiger partial charge in [-0.1, -0.05) is 44.2 Å². The monoisotopic (exact) mass is 274 g/mol. The molecule has 0 bridgehead atoms. The molecule has 1 N–H and O–H groups in total. The average molecular weight is 274 g/mol. The Hall–Kier alpha value is -2.30. The molecule has 0 unspecified atom stereocenters. The molecular formula is C15H18N2O3. The van der Waals surface area contributed by atoms with Gasteiger partial charge >= 0.3 is 0 Å². The second-order valence-corrected chi connectivity index (χ2v) is 4.91. The molecule has 0 aliphatic rings. The van der Waals surface area contributed by atoms with E-state index in [1.54, 1.807) is 0 Å². The molecule has 2 aromatic rings. The number of amides is 1. The van der Waals surface area contributed by atoms with E-state index >= 15 is 0 Å². The van der Waals surface area contributed by atoms with Gasteiger partial charge in [-0.2, -0.15) is 0 Å². The first-order valence-corrected chi connectivity index (χ1v) is 6.57. The highest BCUT2D eigenvalue weighted by Gasteiger charge is 2.13. The average Bonchev–Trinajstić information content (AvgIpc) is 2.92. The van der Waals surface area contributed by atoms with Gasteiger partial charge < -0.3 is 14.6 Å². The second-order valence-electron chi connectivity index (χ2n) is 4.91. The first-order valence-electron chi connectivity index (χ1n) is 6.57. The van der Waals surface area contributed by atoms with E-state index in [-0.39, 0.29) is 11.7 Å². The summed E-state index contributed by atoms with van der Waals surface area (Å²) in [5, 5.41) is 6.48. The number of nitrogens with one attached hydrogen (secondary N) is 1. The fraction of sp³-hybridized carbons (Fsp3) is 0.333. The molecule has 106 valence electrons. The number of carbonyl (C=O) groups is 1. The quantitative estimate of drug-likeness (QED) is 0.879. The van der Waals surface area contributed by atoms with Gasteiger partial charge in [-0.15, -0.1) is 0 Å². The van der Waals surface area contributed by atoms with E-state index in [1.165, 1.54) is 6.07 Å². The molecule has 20 heavy (non-hydrogen) atoms. The van der Waals surface area contributed by atoms with E-state index in [9.17, 15) is 4.79 Å². The summed E-state index contributed by atoms with van der Waals surface area (Å²) in [5.41, 5.74) is 1.03. The van der Waals surface area contributed by atoms with Crippen molar-refractivity contribution in [3.63, 3.8) is 0 Å². The van der Waals surface area contributed by atoms with Crippen LogP contribution in [0, 0.1) is 5.92 Å². The number of rotatable bonds is 6. The smallest absolute Gasteiger partial charge is 0.290 e. The van der Waals surface area contributed by atoms with E-state index < -0.39 is 0 Å². The maximum atomic E-state index is 11.7. The molecule has 0 aliphatic carbocycles. The van der Waals surface area contributed by atoms with Crippen LogP contribution in [0.1, 0.15) is 30.0 Å². The Morgan fingerprint density at radius 3 is 2.80 bits per heavy atom. The standard InChI is InChI=1S/C15H18N2O3/c1-11(2)9-16-15(18)13-8-14(17-20-13)19-10-12-6-4-3-5-7-12/h3-8,11H,9-10H2,1-2H3,(H,16,18).